The average Bonchev–Trinajstić information content (AvgIpc) is 3.92. The van der Waals surface area contributed by atoms with Gasteiger partial charge in [-0.2, -0.15) is 0 Å². The van der Waals surface area contributed by atoms with Gasteiger partial charge in [0.15, 0.2) is 0 Å². The number of rotatable bonds is 16. The van der Waals surface area contributed by atoms with E-state index < -0.39 is 36.8 Å². The van der Waals surface area contributed by atoms with Gasteiger partial charge in [0.1, 0.15) is 0 Å². The van der Waals surface area contributed by atoms with Gasteiger partial charge in [0.25, 0.3) is 0 Å². The van der Waals surface area contributed by atoms with Crippen LogP contribution in [-0.2, 0) is 12.8 Å². The Kier molecular flexibility index (Phi) is 12.8. The van der Waals surface area contributed by atoms with Crippen molar-refractivity contribution in [3.8, 4) is 20.9 Å². The number of hydrogen-bond acceptors (Lipinski definition) is 6. The van der Waals surface area contributed by atoms with E-state index in [-0.39, 0.29) is 0 Å². The van der Waals surface area contributed by atoms with E-state index >= 15 is 0 Å². The fraction of sp³-hybridized carbons (Fsp3) is 0.500. The SMILES string of the molecule is CCCCC(CC)Cc1cc2sc(-c3c4c[c]([Sn]([CH3])([CH3])[CH3])sc4c(-c4cc5sc(CC(CC)CCCC)cc5s4)c4c[c]([Sn]([CH3])([CH3])[CH3])sc34)cc2s1. The van der Waals surface area contributed by atoms with E-state index in [1.165, 1.54) is 104 Å². The molecule has 0 fully saturated rings. The quantitative estimate of drug-likeness (QED) is 0.0847. The van der Waals surface area contributed by atoms with E-state index in [1.54, 1.807) is 36.1 Å². The van der Waals surface area contributed by atoms with Crippen molar-refractivity contribution < 1.29 is 0 Å². The second kappa shape index (κ2) is 16.5. The molecule has 8 heteroatoms. The Balaban J connectivity index is 1.38. The fourth-order valence-electron chi connectivity index (χ4n) is 7.67. The van der Waals surface area contributed by atoms with E-state index in [2.05, 4.69) is 162 Å². The molecule has 6 aromatic heterocycles. The van der Waals surface area contributed by atoms with Crippen molar-refractivity contribution in [1.29, 1.82) is 0 Å². The van der Waals surface area contributed by atoms with E-state index in [1.807, 2.05) is 0 Å². The van der Waals surface area contributed by atoms with E-state index in [0.29, 0.717) is 0 Å². The Hall–Kier alpha value is 0.0574. The second-order valence-corrected chi connectivity index (χ2v) is 54.7. The molecule has 0 aliphatic heterocycles. The summed E-state index contributed by atoms with van der Waals surface area (Å²) in [5.41, 5.74) is 3.09. The molecule has 6 heterocycles. The summed E-state index contributed by atoms with van der Waals surface area (Å²) in [6, 6.07) is 15.6. The van der Waals surface area contributed by atoms with Crippen LogP contribution in [0.1, 0.15) is 88.8 Å². The predicted octanol–water partition coefficient (Wildman–Crippen LogP) is 16.6. The van der Waals surface area contributed by atoms with Crippen molar-refractivity contribution in [2.24, 2.45) is 11.8 Å². The minimum absolute atomic E-state index is 0.818. The van der Waals surface area contributed by atoms with Crippen LogP contribution in [0, 0.1) is 11.8 Å². The van der Waals surface area contributed by atoms with Gasteiger partial charge in [-0.05, 0) is 0 Å². The Bertz CT molecular complexity index is 2020. The number of benzene rings is 1. The van der Waals surface area contributed by atoms with Crippen molar-refractivity contribution in [2.75, 3.05) is 0 Å². The normalized spacial score (nSPS) is 14.2. The van der Waals surface area contributed by atoms with Gasteiger partial charge in [-0.3, -0.25) is 0 Å². The molecule has 0 amide bonds. The van der Waals surface area contributed by atoms with Gasteiger partial charge in [-0.15, -0.1) is 0 Å². The minimum atomic E-state index is -2.36. The molecule has 7 aromatic rings. The van der Waals surface area contributed by atoms with Gasteiger partial charge in [-0.1, -0.05) is 53.4 Å². The molecule has 0 N–H and O–H groups in total. The third kappa shape index (κ3) is 8.36. The third-order valence-corrected chi connectivity index (χ3v) is 36.8. The molecule has 0 nitrogen and oxygen atoms in total. The zero-order valence-corrected chi connectivity index (χ0v) is 43.7. The first-order valence-corrected chi connectivity index (χ1v) is 44.8. The monoisotopic (exact) mass is 1020 g/mol. The zero-order valence-electron chi connectivity index (χ0n) is 33.1. The predicted molar refractivity (Wildman–Crippen MR) is 255 cm³/mol. The zero-order chi connectivity index (χ0) is 36.9. The Labute approximate surface area is 345 Å². The number of fused-ring (bicyclic) bond motifs is 4. The summed E-state index contributed by atoms with van der Waals surface area (Å²) in [6.45, 7) is 9.43. The maximum atomic E-state index is 2.68. The first-order chi connectivity index (χ1) is 24.8. The van der Waals surface area contributed by atoms with Crippen LogP contribution in [0.5, 0.6) is 0 Å². The van der Waals surface area contributed by atoms with Crippen LogP contribution in [-0.4, -0.2) is 36.8 Å². The van der Waals surface area contributed by atoms with Gasteiger partial charge < -0.3 is 0 Å². The van der Waals surface area contributed by atoms with Crippen LogP contribution in [0.3, 0.4) is 0 Å². The molecule has 0 saturated carbocycles. The summed E-state index contributed by atoms with van der Waals surface area (Å²) in [7, 11) is 0. The van der Waals surface area contributed by atoms with Crippen LogP contribution in [0.4, 0.5) is 0 Å². The Morgan fingerprint density at radius 1 is 0.481 bits per heavy atom. The van der Waals surface area contributed by atoms with Gasteiger partial charge in [0, 0.05) is 0 Å². The second-order valence-electron chi connectivity index (χ2n) is 17.3. The van der Waals surface area contributed by atoms with Crippen LogP contribution >= 0.6 is 68.0 Å². The molecule has 0 saturated heterocycles. The van der Waals surface area contributed by atoms with Crippen molar-refractivity contribution >= 4 is 150 Å². The third-order valence-electron chi connectivity index (χ3n) is 11.0. The van der Waals surface area contributed by atoms with Crippen molar-refractivity contribution in [2.45, 2.75) is 122 Å². The summed E-state index contributed by atoms with van der Waals surface area (Å²) in [5.74, 6) is 1.64. The van der Waals surface area contributed by atoms with Gasteiger partial charge in [0.2, 0.25) is 0 Å². The van der Waals surface area contributed by atoms with Crippen molar-refractivity contribution in [3.63, 3.8) is 0 Å². The molecule has 1 aromatic carbocycles. The molecule has 2 unspecified atom stereocenters. The van der Waals surface area contributed by atoms with Crippen LogP contribution < -0.4 is 5.79 Å². The van der Waals surface area contributed by atoms with Crippen LogP contribution in [0.15, 0.2) is 36.4 Å². The molecular weight excluding hydrogens is 958 g/mol. The Morgan fingerprint density at radius 3 is 1.19 bits per heavy atom. The van der Waals surface area contributed by atoms with Crippen LogP contribution in [0.2, 0.25) is 29.6 Å². The molecule has 52 heavy (non-hydrogen) atoms. The molecule has 0 radical (unpaired) electrons. The Morgan fingerprint density at radius 2 is 0.865 bits per heavy atom. The maximum absolute atomic E-state index is 2.68. The molecule has 2 atom stereocenters. The molecule has 0 aliphatic carbocycles. The van der Waals surface area contributed by atoms with Crippen molar-refractivity contribution in [1.82, 2.24) is 0 Å². The summed E-state index contributed by atoms with van der Waals surface area (Å²) < 4.78 is 12.5. The standard InChI is InChI=1S/C38H40S6.6CH3.2Sn/c1-5-9-11-23(7-3)17-25-19-29-31(41-25)21-33(43-29)35-27-13-15-40-38(27)36(28-14-16-39-37(28)35)34-22-32-30(44-34)20-26(42-32)18-24(8-4)12-10-6-2;;;;;;;;/h13-14,19-24H,5-12,17-18H2,1-4H3;6*1H3;;. The van der Waals surface area contributed by atoms with E-state index in [0.717, 1.165) is 11.8 Å². The number of unbranched alkanes of at least 4 members (excludes halogenated alkanes) is 2. The van der Waals surface area contributed by atoms with Gasteiger partial charge in [0.05, 0.1) is 0 Å². The van der Waals surface area contributed by atoms with E-state index in [9.17, 15) is 0 Å². The summed E-state index contributed by atoms with van der Waals surface area (Å²) in [6.07, 6.45) is 13.1. The summed E-state index contributed by atoms with van der Waals surface area (Å²) >= 11 is 7.87. The first-order valence-electron chi connectivity index (χ1n) is 19.9. The number of hydrogen-bond donors (Lipinski definition) is 0. The summed E-state index contributed by atoms with van der Waals surface area (Å²) in [4.78, 5) is 21.8. The van der Waals surface area contributed by atoms with Crippen LogP contribution in [0.25, 0.3) is 59.9 Å². The number of thiophene rings is 6. The first kappa shape index (κ1) is 40.3. The van der Waals surface area contributed by atoms with Gasteiger partial charge in [-0.25, -0.2) is 0 Å². The van der Waals surface area contributed by atoms with Crippen molar-refractivity contribution in [3.05, 3.63) is 46.2 Å². The molecular formula is C44H58S6Sn2. The average molecular weight is 1020 g/mol. The molecule has 0 spiro atoms. The summed E-state index contributed by atoms with van der Waals surface area (Å²) in [5, 5.41) is 3.07. The molecule has 7 rings (SSSR count). The van der Waals surface area contributed by atoms with Gasteiger partial charge >= 0.3 is 297 Å². The topological polar surface area (TPSA) is 0 Å². The molecule has 0 aliphatic rings. The van der Waals surface area contributed by atoms with E-state index in [4.69, 9.17) is 0 Å². The fourth-order valence-corrected chi connectivity index (χ4v) is 25.9. The molecule has 278 valence electrons. The molecule has 0 bridgehead atoms.